The fraction of sp³-hybridized carbons (Fsp3) is 0.0714. The van der Waals surface area contributed by atoms with E-state index < -0.39 is 0 Å². The van der Waals surface area contributed by atoms with Crippen molar-refractivity contribution < 1.29 is 4.74 Å². The van der Waals surface area contributed by atoms with Gasteiger partial charge in [0.15, 0.2) is 0 Å². The van der Waals surface area contributed by atoms with E-state index in [0.717, 1.165) is 21.5 Å². The summed E-state index contributed by atoms with van der Waals surface area (Å²) < 4.78 is 5.96. The molecule has 4 heteroatoms. The topological polar surface area (TPSA) is 21.6 Å². The van der Waals surface area contributed by atoms with Gasteiger partial charge in [0, 0.05) is 10.7 Å². The molecule has 2 nitrogen and oxygen atoms in total. The van der Waals surface area contributed by atoms with Crippen LogP contribution < -0.4 is 4.74 Å². The van der Waals surface area contributed by atoms with E-state index in [1.54, 1.807) is 13.3 Å². The molecule has 0 saturated heterocycles. The van der Waals surface area contributed by atoms with Crippen molar-refractivity contribution in [2.45, 2.75) is 0 Å². The van der Waals surface area contributed by atoms with E-state index in [9.17, 15) is 0 Å². The average Bonchev–Trinajstić information content (AvgIpc) is 2.41. The van der Waals surface area contributed by atoms with Crippen LogP contribution in [0.1, 0.15) is 5.56 Å². The molecular formula is C14H11BrClNO. The Morgan fingerprint density at radius 2 is 1.89 bits per heavy atom. The molecule has 0 N–H and O–H groups in total. The Hall–Kier alpha value is -1.32. The summed E-state index contributed by atoms with van der Waals surface area (Å²) in [5.41, 5.74) is 1.83. The van der Waals surface area contributed by atoms with Crippen molar-refractivity contribution in [1.82, 2.24) is 0 Å². The van der Waals surface area contributed by atoms with Crippen LogP contribution >= 0.6 is 27.5 Å². The Labute approximate surface area is 119 Å². The molecule has 2 aromatic rings. The van der Waals surface area contributed by atoms with Crippen molar-refractivity contribution in [1.29, 1.82) is 0 Å². The molecule has 2 aromatic carbocycles. The van der Waals surface area contributed by atoms with E-state index >= 15 is 0 Å². The molecule has 0 saturated carbocycles. The van der Waals surface area contributed by atoms with Crippen LogP contribution in [0.3, 0.4) is 0 Å². The van der Waals surface area contributed by atoms with Gasteiger partial charge in [-0.25, -0.2) is 0 Å². The number of benzene rings is 2. The minimum absolute atomic E-state index is 0.652. The van der Waals surface area contributed by atoms with Gasteiger partial charge in [0.05, 0.1) is 17.8 Å². The number of halogens is 2. The van der Waals surface area contributed by atoms with Crippen molar-refractivity contribution in [2.24, 2.45) is 4.99 Å². The summed E-state index contributed by atoms with van der Waals surface area (Å²) >= 11 is 9.34. The summed E-state index contributed by atoms with van der Waals surface area (Å²) in [6.45, 7) is 0. The lowest BCUT2D eigenvalue weighted by Gasteiger charge is -1.99. The van der Waals surface area contributed by atoms with Crippen LogP contribution in [-0.4, -0.2) is 13.3 Å². The van der Waals surface area contributed by atoms with E-state index in [1.807, 2.05) is 42.5 Å². The van der Waals surface area contributed by atoms with E-state index in [1.165, 1.54) is 0 Å². The molecule has 0 aromatic heterocycles. The summed E-state index contributed by atoms with van der Waals surface area (Å²) in [6, 6.07) is 13.3. The second kappa shape index (κ2) is 6.03. The predicted octanol–water partition coefficient (Wildman–Crippen LogP) is 4.86. The molecule has 0 aliphatic heterocycles. The molecule has 0 spiro atoms. The highest BCUT2D eigenvalue weighted by molar-refractivity contribution is 9.10. The zero-order valence-electron chi connectivity index (χ0n) is 9.73. The average molecular weight is 325 g/mol. The first kappa shape index (κ1) is 13.1. The summed E-state index contributed by atoms with van der Waals surface area (Å²) in [4.78, 5) is 4.36. The number of methoxy groups -OCH3 is 1. The molecule has 0 fully saturated rings. The number of ether oxygens (including phenoxy) is 1. The maximum Gasteiger partial charge on any atom is 0.118 e. The zero-order chi connectivity index (χ0) is 13.0. The third-order valence-corrected chi connectivity index (χ3v) is 3.61. The van der Waals surface area contributed by atoms with Crippen LogP contribution in [0.2, 0.25) is 5.02 Å². The third-order valence-electron chi connectivity index (χ3n) is 2.38. The fourth-order valence-electron chi connectivity index (χ4n) is 1.40. The van der Waals surface area contributed by atoms with E-state index in [-0.39, 0.29) is 0 Å². The largest absolute Gasteiger partial charge is 0.497 e. The van der Waals surface area contributed by atoms with Crippen molar-refractivity contribution in [3.8, 4) is 5.75 Å². The predicted molar refractivity (Wildman–Crippen MR) is 79.4 cm³/mol. The number of hydrogen-bond donors (Lipinski definition) is 0. The van der Waals surface area contributed by atoms with Gasteiger partial charge in [0.25, 0.3) is 0 Å². The number of aliphatic imine (C=N–C) groups is 1. The lowest BCUT2D eigenvalue weighted by molar-refractivity contribution is 0.415. The van der Waals surface area contributed by atoms with Crippen LogP contribution in [-0.2, 0) is 0 Å². The van der Waals surface area contributed by atoms with Crippen LogP contribution in [0, 0.1) is 0 Å². The number of hydrogen-bond acceptors (Lipinski definition) is 2. The van der Waals surface area contributed by atoms with Gasteiger partial charge in [-0.1, -0.05) is 11.6 Å². The molecule has 18 heavy (non-hydrogen) atoms. The first-order valence-corrected chi connectivity index (χ1v) is 6.49. The molecule has 2 rings (SSSR count). The highest BCUT2D eigenvalue weighted by atomic mass is 79.9. The maximum absolute atomic E-state index is 6.00. The van der Waals surface area contributed by atoms with Gasteiger partial charge in [-0.15, -0.1) is 0 Å². The maximum atomic E-state index is 6.00. The van der Waals surface area contributed by atoms with Crippen LogP contribution in [0.5, 0.6) is 5.75 Å². The van der Waals surface area contributed by atoms with Gasteiger partial charge in [-0.05, 0) is 64.0 Å². The molecule has 0 unspecified atom stereocenters. The first-order chi connectivity index (χ1) is 8.69. The van der Waals surface area contributed by atoms with Gasteiger partial charge in [0.2, 0.25) is 0 Å². The Morgan fingerprint density at radius 1 is 1.17 bits per heavy atom. The fourth-order valence-corrected chi connectivity index (χ4v) is 1.83. The quantitative estimate of drug-likeness (QED) is 0.739. The van der Waals surface area contributed by atoms with Crippen molar-refractivity contribution >= 4 is 39.4 Å². The van der Waals surface area contributed by atoms with Crippen molar-refractivity contribution in [3.63, 3.8) is 0 Å². The highest BCUT2D eigenvalue weighted by Crippen LogP contribution is 2.26. The summed E-state index contributed by atoms with van der Waals surface area (Å²) in [6.07, 6.45) is 1.79. The minimum atomic E-state index is 0.652. The van der Waals surface area contributed by atoms with Crippen LogP contribution in [0.15, 0.2) is 51.9 Å². The molecule has 0 amide bonds. The third kappa shape index (κ3) is 3.34. The molecule has 0 aliphatic rings. The molecule has 0 radical (unpaired) electrons. The second-order valence-corrected chi connectivity index (χ2v) is 4.89. The van der Waals surface area contributed by atoms with Gasteiger partial charge in [-0.3, -0.25) is 4.99 Å². The van der Waals surface area contributed by atoms with E-state index in [2.05, 4.69) is 20.9 Å². The van der Waals surface area contributed by atoms with Gasteiger partial charge < -0.3 is 4.74 Å². The zero-order valence-corrected chi connectivity index (χ0v) is 12.1. The lowest BCUT2D eigenvalue weighted by atomic mass is 10.2. The molecule has 92 valence electrons. The Morgan fingerprint density at radius 3 is 2.50 bits per heavy atom. The molecule has 0 heterocycles. The van der Waals surface area contributed by atoms with Gasteiger partial charge in [0.1, 0.15) is 5.75 Å². The van der Waals surface area contributed by atoms with Crippen molar-refractivity contribution in [2.75, 3.05) is 7.11 Å². The monoisotopic (exact) mass is 323 g/mol. The van der Waals surface area contributed by atoms with E-state index in [0.29, 0.717) is 5.02 Å². The summed E-state index contributed by atoms with van der Waals surface area (Å²) in [7, 11) is 1.65. The summed E-state index contributed by atoms with van der Waals surface area (Å²) in [5, 5.41) is 0.652. The molecular weight excluding hydrogens is 314 g/mol. The number of rotatable bonds is 3. The van der Waals surface area contributed by atoms with Crippen LogP contribution in [0.4, 0.5) is 5.69 Å². The summed E-state index contributed by atoms with van der Waals surface area (Å²) in [5.74, 6) is 0.832. The normalized spacial score (nSPS) is 10.8. The molecule has 0 atom stereocenters. The van der Waals surface area contributed by atoms with Crippen LogP contribution in [0.25, 0.3) is 0 Å². The first-order valence-electron chi connectivity index (χ1n) is 5.32. The van der Waals surface area contributed by atoms with Gasteiger partial charge >= 0.3 is 0 Å². The Bertz CT molecular complexity index is 567. The Kier molecular flexibility index (Phi) is 4.39. The Balaban J connectivity index is 2.16. The number of nitrogens with zero attached hydrogens (tertiary/aromatic N) is 1. The van der Waals surface area contributed by atoms with Crippen molar-refractivity contribution in [3.05, 3.63) is 57.5 Å². The SMILES string of the molecule is COc1ccc(C=Nc2ccc(Br)c(Cl)c2)cc1. The molecule has 0 aliphatic carbocycles. The van der Waals surface area contributed by atoms with Gasteiger partial charge in [-0.2, -0.15) is 0 Å². The van der Waals surface area contributed by atoms with E-state index in [4.69, 9.17) is 16.3 Å². The molecule has 0 bridgehead atoms. The highest BCUT2D eigenvalue weighted by Gasteiger charge is 1.97. The standard InChI is InChI=1S/C14H11BrClNO/c1-18-12-5-2-10(3-6-12)9-17-11-4-7-13(15)14(16)8-11/h2-9H,1H3. The minimum Gasteiger partial charge on any atom is -0.497 e. The second-order valence-electron chi connectivity index (χ2n) is 3.63. The smallest absolute Gasteiger partial charge is 0.118 e. The lowest BCUT2D eigenvalue weighted by Crippen LogP contribution is -1.84.